The van der Waals surface area contributed by atoms with Crippen molar-refractivity contribution < 1.29 is 19.0 Å². The molecule has 0 aliphatic heterocycles. The minimum absolute atomic E-state index is 0.314. The van der Waals surface area contributed by atoms with E-state index in [2.05, 4.69) is 10.5 Å². The smallest absolute Gasteiger partial charge is 0.280 e. The van der Waals surface area contributed by atoms with Gasteiger partial charge in [-0.3, -0.25) is 4.79 Å². The highest BCUT2D eigenvalue weighted by atomic mass is 16.5. The zero-order valence-electron chi connectivity index (χ0n) is 17.3. The standard InChI is InChI=1S/C22H28N2O4/c1-14-8-7-9-20(15(14)2)28-17(4)22(25)24-23-16(3)18-10-11-21(27-6)19(12-18)13-26-5/h7-12,17H,13H2,1-6H3,(H,24,25)/b23-16-/t17-/m1/s1. The van der Waals surface area contributed by atoms with E-state index in [0.717, 1.165) is 28.0 Å². The predicted octanol–water partition coefficient (Wildman–Crippen LogP) is 3.77. The number of methoxy groups -OCH3 is 2. The number of rotatable bonds is 8. The molecular weight excluding hydrogens is 356 g/mol. The van der Waals surface area contributed by atoms with E-state index in [1.165, 1.54) is 0 Å². The van der Waals surface area contributed by atoms with E-state index in [1.54, 1.807) is 21.1 Å². The van der Waals surface area contributed by atoms with E-state index >= 15 is 0 Å². The van der Waals surface area contributed by atoms with Gasteiger partial charge in [-0.25, -0.2) is 5.43 Å². The normalized spacial score (nSPS) is 12.4. The van der Waals surface area contributed by atoms with Crippen LogP contribution >= 0.6 is 0 Å². The number of amides is 1. The molecule has 0 bridgehead atoms. The minimum atomic E-state index is -0.669. The summed E-state index contributed by atoms with van der Waals surface area (Å²) in [7, 11) is 3.25. The second kappa shape index (κ2) is 9.90. The van der Waals surface area contributed by atoms with Crippen molar-refractivity contribution >= 4 is 11.6 Å². The molecule has 1 amide bonds. The van der Waals surface area contributed by atoms with Crippen LogP contribution in [-0.2, 0) is 16.1 Å². The largest absolute Gasteiger partial charge is 0.496 e. The van der Waals surface area contributed by atoms with Crippen molar-refractivity contribution in [2.75, 3.05) is 14.2 Å². The van der Waals surface area contributed by atoms with Crippen LogP contribution in [0.3, 0.4) is 0 Å². The third-order valence-corrected chi connectivity index (χ3v) is 4.56. The predicted molar refractivity (Wildman–Crippen MR) is 110 cm³/mol. The molecule has 6 heteroatoms. The van der Waals surface area contributed by atoms with Crippen molar-refractivity contribution in [3.05, 3.63) is 58.7 Å². The highest BCUT2D eigenvalue weighted by molar-refractivity contribution is 5.99. The van der Waals surface area contributed by atoms with Gasteiger partial charge in [0.15, 0.2) is 6.10 Å². The van der Waals surface area contributed by atoms with E-state index in [-0.39, 0.29) is 5.91 Å². The first-order chi connectivity index (χ1) is 13.4. The van der Waals surface area contributed by atoms with Crippen LogP contribution in [-0.4, -0.2) is 31.9 Å². The van der Waals surface area contributed by atoms with Crippen LogP contribution in [0.4, 0.5) is 0 Å². The van der Waals surface area contributed by atoms with Gasteiger partial charge in [-0.15, -0.1) is 0 Å². The molecule has 0 heterocycles. The third-order valence-electron chi connectivity index (χ3n) is 4.56. The van der Waals surface area contributed by atoms with Crippen LogP contribution in [0.1, 0.15) is 36.1 Å². The summed E-state index contributed by atoms with van der Waals surface area (Å²) < 4.78 is 16.3. The number of nitrogens with zero attached hydrogens (tertiary/aromatic N) is 1. The van der Waals surface area contributed by atoms with Gasteiger partial charge < -0.3 is 14.2 Å². The Bertz CT molecular complexity index is 862. The maximum Gasteiger partial charge on any atom is 0.280 e. The number of carbonyl (C=O) groups excluding carboxylic acids is 1. The van der Waals surface area contributed by atoms with Crippen molar-refractivity contribution in [1.29, 1.82) is 0 Å². The van der Waals surface area contributed by atoms with Gasteiger partial charge >= 0.3 is 0 Å². The van der Waals surface area contributed by atoms with Gasteiger partial charge in [0.25, 0.3) is 5.91 Å². The number of hydrazone groups is 1. The van der Waals surface area contributed by atoms with Gasteiger partial charge in [0.2, 0.25) is 0 Å². The van der Waals surface area contributed by atoms with Crippen molar-refractivity contribution in [3.63, 3.8) is 0 Å². The molecule has 6 nitrogen and oxygen atoms in total. The van der Waals surface area contributed by atoms with Gasteiger partial charge in [-0.05, 0) is 68.7 Å². The molecule has 0 aliphatic carbocycles. The monoisotopic (exact) mass is 384 g/mol. The molecule has 0 fully saturated rings. The zero-order valence-corrected chi connectivity index (χ0v) is 17.3. The lowest BCUT2D eigenvalue weighted by atomic mass is 10.1. The highest BCUT2D eigenvalue weighted by Gasteiger charge is 2.16. The molecule has 2 rings (SSSR count). The van der Waals surface area contributed by atoms with Gasteiger partial charge in [0, 0.05) is 12.7 Å². The quantitative estimate of drug-likeness (QED) is 0.556. The summed E-state index contributed by atoms with van der Waals surface area (Å²) in [6.45, 7) is 7.93. The van der Waals surface area contributed by atoms with Crippen molar-refractivity contribution in [2.24, 2.45) is 5.10 Å². The number of ether oxygens (including phenoxy) is 3. The second-order valence-corrected chi connectivity index (χ2v) is 6.59. The minimum Gasteiger partial charge on any atom is -0.496 e. The molecular formula is C22H28N2O4. The Balaban J connectivity index is 2.06. The molecule has 0 saturated heterocycles. The van der Waals surface area contributed by atoms with Crippen LogP contribution in [0.25, 0.3) is 0 Å². The molecule has 1 N–H and O–H groups in total. The lowest BCUT2D eigenvalue weighted by Gasteiger charge is -2.16. The molecule has 28 heavy (non-hydrogen) atoms. The SMILES string of the molecule is COCc1cc(/C(C)=N\NC(=O)[C@@H](C)Oc2cccc(C)c2C)ccc1OC. The zero-order chi connectivity index (χ0) is 20.7. The molecule has 2 aromatic rings. The maximum absolute atomic E-state index is 12.4. The Hall–Kier alpha value is -2.86. The Morgan fingerprint density at radius 2 is 1.89 bits per heavy atom. The van der Waals surface area contributed by atoms with Gasteiger partial charge in [0.05, 0.1) is 19.4 Å². The van der Waals surface area contributed by atoms with Crippen LogP contribution in [0.2, 0.25) is 0 Å². The van der Waals surface area contributed by atoms with E-state index in [0.29, 0.717) is 18.1 Å². The second-order valence-electron chi connectivity index (χ2n) is 6.59. The first-order valence-corrected chi connectivity index (χ1v) is 9.10. The van der Waals surface area contributed by atoms with Crippen molar-refractivity contribution in [2.45, 2.75) is 40.4 Å². The molecule has 0 aliphatic rings. The van der Waals surface area contributed by atoms with Gasteiger partial charge in [-0.2, -0.15) is 5.10 Å². The molecule has 0 radical (unpaired) electrons. The number of benzene rings is 2. The molecule has 0 aromatic heterocycles. The lowest BCUT2D eigenvalue weighted by molar-refractivity contribution is -0.127. The van der Waals surface area contributed by atoms with E-state index < -0.39 is 6.10 Å². The Morgan fingerprint density at radius 3 is 2.57 bits per heavy atom. The number of carbonyl (C=O) groups is 1. The Morgan fingerprint density at radius 1 is 1.14 bits per heavy atom. The van der Waals surface area contributed by atoms with Crippen LogP contribution in [0, 0.1) is 13.8 Å². The average molecular weight is 384 g/mol. The lowest BCUT2D eigenvalue weighted by Crippen LogP contribution is -2.34. The summed E-state index contributed by atoms with van der Waals surface area (Å²) in [4.78, 5) is 12.4. The summed E-state index contributed by atoms with van der Waals surface area (Å²) in [5, 5.41) is 4.21. The van der Waals surface area contributed by atoms with Gasteiger partial charge in [0.1, 0.15) is 11.5 Å². The molecule has 0 unspecified atom stereocenters. The topological polar surface area (TPSA) is 69.2 Å². The Labute approximate surface area is 166 Å². The summed E-state index contributed by atoms with van der Waals surface area (Å²) >= 11 is 0. The highest BCUT2D eigenvalue weighted by Crippen LogP contribution is 2.22. The molecule has 0 spiro atoms. The number of nitrogens with one attached hydrogen (secondary N) is 1. The maximum atomic E-state index is 12.4. The van der Waals surface area contributed by atoms with Crippen molar-refractivity contribution in [3.8, 4) is 11.5 Å². The molecule has 150 valence electrons. The fourth-order valence-electron chi connectivity index (χ4n) is 2.66. The fraction of sp³-hybridized carbons (Fsp3) is 0.364. The number of hydrogen-bond donors (Lipinski definition) is 1. The van der Waals surface area contributed by atoms with Crippen LogP contribution < -0.4 is 14.9 Å². The van der Waals surface area contributed by atoms with Crippen molar-refractivity contribution in [1.82, 2.24) is 5.43 Å². The van der Waals surface area contributed by atoms with E-state index in [1.807, 2.05) is 57.2 Å². The third kappa shape index (κ3) is 5.33. The van der Waals surface area contributed by atoms with Gasteiger partial charge in [-0.1, -0.05) is 12.1 Å². The van der Waals surface area contributed by atoms with Crippen LogP contribution in [0.15, 0.2) is 41.5 Å². The summed E-state index contributed by atoms with van der Waals surface area (Å²) in [5.41, 5.74) is 7.17. The average Bonchev–Trinajstić information content (AvgIpc) is 2.69. The molecule has 0 saturated carbocycles. The summed E-state index contributed by atoms with van der Waals surface area (Å²) in [5.74, 6) is 1.13. The Kier molecular flexibility index (Phi) is 7.58. The van der Waals surface area contributed by atoms with Crippen LogP contribution in [0.5, 0.6) is 11.5 Å². The van der Waals surface area contributed by atoms with E-state index in [4.69, 9.17) is 14.2 Å². The van der Waals surface area contributed by atoms with E-state index in [9.17, 15) is 4.79 Å². The first-order valence-electron chi connectivity index (χ1n) is 9.10. The molecule has 2 aromatic carbocycles. The number of aryl methyl sites for hydroxylation is 1. The first kappa shape index (κ1) is 21.4. The summed E-state index contributed by atoms with van der Waals surface area (Å²) in [6.07, 6.45) is -0.669. The fourth-order valence-corrected chi connectivity index (χ4v) is 2.66. The molecule has 1 atom stereocenters. The number of hydrogen-bond acceptors (Lipinski definition) is 5. The summed E-state index contributed by atoms with van der Waals surface area (Å²) in [6, 6.07) is 11.5.